The Hall–Kier alpha value is -0.770. The highest BCUT2D eigenvalue weighted by Gasteiger charge is 2.06. The van der Waals surface area contributed by atoms with Crippen LogP contribution >= 0.6 is 22.6 Å². The summed E-state index contributed by atoms with van der Waals surface area (Å²) in [5.74, 6) is 0. The summed E-state index contributed by atoms with van der Waals surface area (Å²) in [6.07, 6.45) is 1.98. The van der Waals surface area contributed by atoms with Crippen LogP contribution in [-0.2, 0) is 0 Å². The molecule has 0 aliphatic rings. The van der Waals surface area contributed by atoms with E-state index in [0.29, 0.717) is 0 Å². The van der Waals surface area contributed by atoms with Crippen LogP contribution < -0.4 is 0 Å². The average Bonchev–Trinajstić information content (AvgIpc) is 2.52. The minimum Gasteiger partial charge on any atom is -0.360 e. The molecule has 0 aliphatic carbocycles. The standard InChI is InChI=1S/C12H12IN/c1-8-3-4-10(9(2)7-8)12-11(13)5-6-14-12/h3-7,14H,1-2H3. The second kappa shape index (κ2) is 3.77. The number of benzene rings is 1. The minimum absolute atomic E-state index is 1.23. The van der Waals surface area contributed by atoms with Crippen LogP contribution in [0.15, 0.2) is 30.5 Å². The van der Waals surface area contributed by atoms with Crippen molar-refractivity contribution in [3.8, 4) is 11.3 Å². The van der Waals surface area contributed by atoms with Gasteiger partial charge in [-0.15, -0.1) is 0 Å². The van der Waals surface area contributed by atoms with Gasteiger partial charge in [0.1, 0.15) is 0 Å². The summed E-state index contributed by atoms with van der Waals surface area (Å²) in [4.78, 5) is 3.27. The van der Waals surface area contributed by atoms with Gasteiger partial charge >= 0.3 is 0 Å². The highest BCUT2D eigenvalue weighted by molar-refractivity contribution is 14.1. The number of halogens is 1. The summed E-state index contributed by atoms with van der Waals surface area (Å²) in [7, 11) is 0. The molecule has 0 amide bonds. The molecule has 2 heteroatoms. The molecule has 1 aromatic carbocycles. The van der Waals surface area contributed by atoms with Crippen LogP contribution in [0.4, 0.5) is 0 Å². The Kier molecular flexibility index (Phi) is 2.63. The molecule has 14 heavy (non-hydrogen) atoms. The zero-order valence-corrected chi connectivity index (χ0v) is 10.4. The van der Waals surface area contributed by atoms with Crippen molar-refractivity contribution in [3.05, 3.63) is 45.2 Å². The van der Waals surface area contributed by atoms with Gasteiger partial charge in [-0.25, -0.2) is 0 Å². The van der Waals surface area contributed by atoms with Gasteiger partial charge < -0.3 is 4.98 Å². The molecule has 1 N–H and O–H groups in total. The minimum atomic E-state index is 1.23. The SMILES string of the molecule is Cc1ccc(-c2[nH]ccc2I)c(C)c1. The molecule has 0 radical (unpaired) electrons. The van der Waals surface area contributed by atoms with Crippen molar-refractivity contribution in [2.45, 2.75) is 13.8 Å². The van der Waals surface area contributed by atoms with Crippen LogP contribution in [-0.4, -0.2) is 4.98 Å². The molecular formula is C12H12IN. The van der Waals surface area contributed by atoms with Gasteiger partial charge in [-0.3, -0.25) is 0 Å². The summed E-state index contributed by atoms with van der Waals surface area (Å²) in [5.41, 5.74) is 5.16. The molecule has 0 spiro atoms. The Morgan fingerprint density at radius 1 is 1.14 bits per heavy atom. The quantitative estimate of drug-likeness (QED) is 0.768. The van der Waals surface area contributed by atoms with Crippen molar-refractivity contribution in [2.75, 3.05) is 0 Å². The number of aromatic nitrogens is 1. The van der Waals surface area contributed by atoms with E-state index in [1.54, 1.807) is 0 Å². The predicted octanol–water partition coefficient (Wildman–Crippen LogP) is 3.90. The van der Waals surface area contributed by atoms with E-state index < -0.39 is 0 Å². The number of aryl methyl sites for hydroxylation is 2. The van der Waals surface area contributed by atoms with E-state index in [0.717, 1.165) is 0 Å². The molecule has 1 heterocycles. The molecule has 2 aromatic rings. The maximum atomic E-state index is 3.27. The highest BCUT2D eigenvalue weighted by Crippen LogP contribution is 2.26. The molecule has 0 atom stereocenters. The smallest absolute Gasteiger partial charge is 0.0592 e. The summed E-state index contributed by atoms with van der Waals surface area (Å²) in [6.45, 7) is 4.27. The topological polar surface area (TPSA) is 15.8 Å². The van der Waals surface area contributed by atoms with E-state index in [2.05, 4.69) is 65.7 Å². The molecule has 0 saturated heterocycles. The van der Waals surface area contributed by atoms with Gasteiger partial charge in [-0.2, -0.15) is 0 Å². The number of rotatable bonds is 1. The Morgan fingerprint density at radius 3 is 2.50 bits per heavy atom. The van der Waals surface area contributed by atoms with E-state index in [4.69, 9.17) is 0 Å². The van der Waals surface area contributed by atoms with Crippen molar-refractivity contribution < 1.29 is 0 Å². The van der Waals surface area contributed by atoms with Crippen molar-refractivity contribution in [3.63, 3.8) is 0 Å². The molecule has 1 nitrogen and oxygen atoms in total. The molecule has 1 aromatic heterocycles. The lowest BCUT2D eigenvalue weighted by Crippen LogP contribution is -1.86. The fraction of sp³-hybridized carbons (Fsp3) is 0.167. The van der Waals surface area contributed by atoms with Crippen LogP contribution in [0.1, 0.15) is 11.1 Å². The Labute approximate surface area is 97.7 Å². The average molecular weight is 297 g/mol. The van der Waals surface area contributed by atoms with Gasteiger partial charge in [0.2, 0.25) is 0 Å². The first-order valence-electron chi connectivity index (χ1n) is 4.59. The van der Waals surface area contributed by atoms with Gasteiger partial charge in [-0.05, 0) is 48.1 Å². The number of aromatic amines is 1. The maximum Gasteiger partial charge on any atom is 0.0592 e. The lowest BCUT2D eigenvalue weighted by atomic mass is 10.0. The van der Waals surface area contributed by atoms with Gasteiger partial charge in [0.25, 0.3) is 0 Å². The highest BCUT2D eigenvalue weighted by atomic mass is 127. The molecule has 72 valence electrons. The van der Waals surface area contributed by atoms with E-state index in [9.17, 15) is 0 Å². The van der Waals surface area contributed by atoms with Crippen LogP contribution in [0, 0.1) is 17.4 Å². The van der Waals surface area contributed by atoms with Crippen molar-refractivity contribution in [2.24, 2.45) is 0 Å². The zero-order valence-electron chi connectivity index (χ0n) is 8.26. The summed E-state index contributed by atoms with van der Waals surface area (Å²) >= 11 is 2.35. The van der Waals surface area contributed by atoms with Gasteiger partial charge in [0, 0.05) is 15.3 Å². The molecule has 0 fully saturated rings. The summed E-state index contributed by atoms with van der Waals surface area (Å²) in [6, 6.07) is 8.64. The Bertz CT molecular complexity index is 457. The summed E-state index contributed by atoms with van der Waals surface area (Å²) < 4.78 is 1.27. The lowest BCUT2D eigenvalue weighted by Gasteiger charge is -2.05. The van der Waals surface area contributed by atoms with E-state index in [1.807, 2.05) is 6.20 Å². The van der Waals surface area contributed by atoms with Crippen LogP contribution in [0.25, 0.3) is 11.3 Å². The molecule has 0 saturated carbocycles. The number of H-pyrrole nitrogens is 1. The second-order valence-corrected chi connectivity index (χ2v) is 4.68. The second-order valence-electron chi connectivity index (χ2n) is 3.52. The lowest BCUT2D eigenvalue weighted by molar-refractivity contribution is 1.33. The molecular weight excluding hydrogens is 285 g/mol. The molecule has 0 aliphatic heterocycles. The largest absolute Gasteiger partial charge is 0.360 e. The first-order valence-corrected chi connectivity index (χ1v) is 5.67. The van der Waals surface area contributed by atoms with E-state index in [-0.39, 0.29) is 0 Å². The van der Waals surface area contributed by atoms with Gasteiger partial charge in [-0.1, -0.05) is 23.8 Å². The number of hydrogen-bond donors (Lipinski definition) is 1. The summed E-state index contributed by atoms with van der Waals surface area (Å²) in [5, 5.41) is 0. The van der Waals surface area contributed by atoms with Gasteiger partial charge in [0.05, 0.1) is 5.69 Å². The fourth-order valence-electron chi connectivity index (χ4n) is 1.65. The maximum absolute atomic E-state index is 3.27. The zero-order chi connectivity index (χ0) is 10.1. The normalized spacial score (nSPS) is 10.5. The first kappa shape index (κ1) is 9.77. The molecule has 0 bridgehead atoms. The van der Waals surface area contributed by atoms with E-state index >= 15 is 0 Å². The Morgan fingerprint density at radius 2 is 1.93 bits per heavy atom. The molecule has 0 unspecified atom stereocenters. The third-order valence-electron chi connectivity index (χ3n) is 2.35. The van der Waals surface area contributed by atoms with Crippen LogP contribution in [0.3, 0.4) is 0 Å². The fourth-order valence-corrected chi connectivity index (χ4v) is 2.28. The third kappa shape index (κ3) is 1.71. The molecule has 2 rings (SSSR count). The van der Waals surface area contributed by atoms with Gasteiger partial charge in [0.15, 0.2) is 0 Å². The van der Waals surface area contributed by atoms with Crippen molar-refractivity contribution in [1.29, 1.82) is 0 Å². The Balaban J connectivity index is 2.58. The third-order valence-corrected chi connectivity index (χ3v) is 3.25. The number of hydrogen-bond acceptors (Lipinski definition) is 0. The van der Waals surface area contributed by atoms with Crippen molar-refractivity contribution >= 4 is 22.6 Å². The first-order chi connectivity index (χ1) is 6.68. The van der Waals surface area contributed by atoms with Crippen molar-refractivity contribution in [1.82, 2.24) is 4.98 Å². The van der Waals surface area contributed by atoms with Crippen LogP contribution in [0.2, 0.25) is 0 Å². The monoisotopic (exact) mass is 297 g/mol. The van der Waals surface area contributed by atoms with E-state index in [1.165, 1.54) is 26.0 Å². The number of nitrogens with one attached hydrogen (secondary N) is 1. The predicted molar refractivity (Wildman–Crippen MR) is 68.4 cm³/mol. The van der Waals surface area contributed by atoms with Crippen LogP contribution in [0.5, 0.6) is 0 Å².